The summed E-state index contributed by atoms with van der Waals surface area (Å²) in [5.41, 5.74) is 2.31. The third-order valence-corrected chi connectivity index (χ3v) is 8.65. The van der Waals surface area contributed by atoms with Crippen molar-refractivity contribution in [1.82, 2.24) is 24.4 Å². The van der Waals surface area contributed by atoms with Crippen LogP contribution in [0.15, 0.2) is 35.5 Å². The van der Waals surface area contributed by atoms with Crippen molar-refractivity contribution in [2.45, 2.75) is 6.04 Å². The number of nitrogens with one attached hydrogen (secondary N) is 2. The maximum Gasteiger partial charge on any atom is 0.341 e. The Balaban J connectivity index is 1.52. The summed E-state index contributed by atoms with van der Waals surface area (Å²) in [6.07, 6.45) is 4.49. The predicted octanol–water partition coefficient (Wildman–Crippen LogP) is 3.64. The summed E-state index contributed by atoms with van der Waals surface area (Å²) in [5.74, 6) is -2.42. The normalized spacial score (nSPS) is 20.0. The first-order chi connectivity index (χ1) is 19.6. The first kappa shape index (κ1) is 25.4. The number of aromatic amines is 1. The molecular formula is C29H27F2N7O3. The highest BCUT2D eigenvalue weighted by atomic mass is 19.2. The van der Waals surface area contributed by atoms with Gasteiger partial charge in [-0.3, -0.25) is 4.79 Å². The fourth-order valence-electron chi connectivity index (χ4n) is 6.79. The van der Waals surface area contributed by atoms with Crippen LogP contribution in [0.5, 0.6) is 0 Å². The van der Waals surface area contributed by atoms with Crippen molar-refractivity contribution >= 4 is 50.3 Å². The number of H-pyrrole nitrogens is 1. The van der Waals surface area contributed by atoms with E-state index in [4.69, 9.17) is 0 Å². The summed E-state index contributed by atoms with van der Waals surface area (Å²) >= 11 is 0. The molecule has 5 heterocycles. The van der Waals surface area contributed by atoms with Crippen molar-refractivity contribution in [3.8, 4) is 11.1 Å². The lowest BCUT2D eigenvalue weighted by molar-refractivity contribution is 0.0695. The smallest absolute Gasteiger partial charge is 0.341 e. The Hall–Kier alpha value is -4.58. The highest BCUT2D eigenvalue weighted by Gasteiger charge is 2.57. The molecule has 1 aliphatic heterocycles. The number of piperidine rings is 1. The van der Waals surface area contributed by atoms with Gasteiger partial charge in [-0.2, -0.15) is 0 Å². The van der Waals surface area contributed by atoms with Gasteiger partial charge in [0.05, 0.1) is 33.1 Å². The number of benzene rings is 1. The topological polar surface area (TPSA) is 119 Å². The number of fused-ring (bicyclic) bond motifs is 5. The average molecular weight is 560 g/mol. The number of aromatic nitrogens is 4. The lowest BCUT2D eigenvalue weighted by Crippen LogP contribution is -2.31. The van der Waals surface area contributed by atoms with Crippen LogP contribution in [-0.2, 0) is 7.05 Å². The highest BCUT2D eigenvalue weighted by Crippen LogP contribution is 2.52. The van der Waals surface area contributed by atoms with Crippen molar-refractivity contribution in [2.75, 3.05) is 44.4 Å². The first-order valence-corrected chi connectivity index (χ1v) is 13.2. The molecule has 0 bridgehead atoms. The zero-order valence-corrected chi connectivity index (χ0v) is 22.8. The lowest BCUT2D eigenvalue weighted by atomic mass is 10.0. The molecule has 12 heteroatoms. The van der Waals surface area contributed by atoms with Crippen LogP contribution in [0, 0.1) is 23.5 Å². The molecule has 1 aromatic carbocycles. The highest BCUT2D eigenvalue weighted by molar-refractivity contribution is 6.18. The minimum Gasteiger partial charge on any atom is -0.477 e. The van der Waals surface area contributed by atoms with Gasteiger partial charge in [-0.25, -0.2) is 23.5 Å². The molecule has 210 valence electrons. The molecule has 2 fully saturated rings. The Kier molecular flexibility index (Phi) is 5.39. The molecule has 0 unspecified atom stereocenters. The van der Waals surface area contributed by atoms with Gasteiger partial charge in [0.15, 0.2) is 11.6 Å². The molecule has 1 saturated heterocycles. The van der Waals surface area contributed by atoms with Gasteiger partial charge in [0.1, 0.15) is 16.9 Å². The summed E-state index contributed by atoms with van der Waals surface area (Å²) in [4.78, 5) is 41.5. The molecule has 7 rings (SSSR count). The molecule has 10 nitrogen and oxygen atoms in total. The van der Waals surface area contributed by atoms with Crippen LogP contribution >= 0.6 is 0 Å². The van der Waals surface area contributed by atoms with Gasteiger partial charge >= 0.3 is 5.97 Å². The van der Waals surface area contributed by atoms with Gasteiger partial charge < -0.3 is 29.8 Å². The fraction of sp³-hybridized carbons (Fsp3) is 0.310. The van der Waals surface area contributed by atoms with Crippen molar-refractivity contribution in [3.05, 3.63) is 58.1 Å². The Morgan fingerprint density at radius 1 is 1.15 bits per heavy atom. The predicted molar refractivity (Wildman–Crippen MR) is 153 cm³/mol. The molecular weight excluding hydrogens is 532 g/mol. The number of pyridine rings is 3. The summed E-state index contributed by atoms with van der Waals surface area (Å²) in [6.45, 7) is 1.43. The number of hydrogen-bond acceptors (Lipinski definition) is 7. The van der Waals surface area contributed by atoms with Crippen LogP contribution in [0.2, 0.25) is 0 Å². The SMILES string of the molecule is CNc1cc(F)c(F)c2c1[nH]c1ncc(-c3cnc4c(c3)c(=O)c(C(=O)O)cn4C)c(N3C[C@@H]4[C@H](C3)[C@@H]4N(C)C)c12. The van der Waals surface area contributed by atoms with E-state index in [1.165, 1.54) is 10.8 Å². The largest absolute Gasteiger partial charge is 0.477 e. The van der Waals surface area contributed by atoms with Crippen LogP contribution < -0.4 is 15.6 Å². The molecule has 41 heavy (non-hydrogen) atoms. The van der Waals surface area contributed by atoms with E-state index in [9.17, 15) is 19.1 Å². The summed E-state index contributed by atoms with van der Waals surface area (Å²) in [5, 5.41) is 13.2. The quantitative estimate of drug-likeness (QED) is 0.299. The zero-order chi connectivity index (χ0) is 28.9. The second-order valence-electron chi connectivity index (χ2n) is 11.2. The van der Waals surface area contributed by atoms with Crippen molar-refractivity contribution < 1.29 is 18.7 Å². The van der Waals surface area contributed by atoms with Gasteiger partial charge in [-0.05, 0) is 32.0 Å². The van der Waals surface area contributed by atoms with Crippen LogP contribution in [0.3, 0.4) is 0 Å². The van der Waals surface area contributed by atoms with E-state index in [-0.39, 0.29) is 16.3 Å². The second-order valence-corrected chi connectivity index (χ2v) is 11.2. The molecule has 0 spiro atoms. The lowest BCUT2D eigenvalue weighted by Gasteiger charge is -2.27. The Morgan fingerprint density at radius 2 is 1.88 bits per heavy atom. The van der Waals surface area contributed by atoms with Crippen LogP contribution in [0.4, 0.5) is 20.2 Å². The van der Waals surface area contributed by atoms with E-state index in [2.05, 4.69) is 44.2 Å². The molecule has 2 aliphatic rings. The molecule has 0 amide bonds. The van der Waals surface area contributed by atoms with E-state index >= 15 is 4.39 Å². The van der Waals surface area contributed by atoms with E-state index in [0.717, 1.165) is 6.07 Å². The van der Waals surface area contributed by atoms with Crippen molar-refractivity contribution in [3.63, 3.8) is 0 Å². The van der Waals surface area contributed by atoms with E-state index in [1.54, 1.807) is 32.6 Å². The summed E-state index contributed by atoms with van der Waals surface area (Å²) < 4.78 is 31.9. The van der Waals surface area contributed by atoms with Gasteiger partial charge in [0.25, 0.3) is 0 Å². The van der Waals surface area contributed by atoms with E-state index in [0.29, 0.717) is 75.7 Å². The monoisotopic (exact) mass is 559 g/mol. The average Bonchev–Trinajstić information content (AvgIpc) is 3.26. The Labute approximate surface area is 232 Å². The number of aryl methyl sites for hydroxylation is 1. The third-order valence-electron chi connectivity index (χ3n) is 8.65. The molecule has 5 aromatic rings. The number of carbonyl (C=O) groups is 1. The van der Waals surface area contributed by atoms with E-state index in [1.807, 2.05) is 0 Å². The van der Waals surface area contributed by atoms with Gasteiger partial charge in [-0.1, -0.05) is 0 Å². The number of carboxylic acids is 1. The molecule has 3 atom stereocenters. The van der Waals surface area contributed by atoms with Crippen molar-refractivity contribution in [1.29, 1.82) is 0 Å². The molecule has 1 aliphatic carbocycles. The Morgan fingerprint density at radius 3 is 2.54 bits per heavy atom. The number of carboxylic acid groups (broad SMARTS) is 1. The summed E-state index contributed by atoms with van der Waals surface area (Å²) in [6, 6.07) is 3.18. The number of anilines is 2. The fourth-order valence-corrected chi connectivity index (χ4v) is 6.79. The number of aromatic carboxylic acids is 1. The number of halogens is 2. The zero-order valence-electron chi connectivity index (χ0n) is 22.8. The van der Waals surface area contributed by atoms with Gasteiger partial charge in [-0.15, -0.1) is 0 Å². The molecule has 1 saturated carbocycles. The minimum atomic E-state index is -1.33. The van der Waals surface area contributed by atoms with Crippen LogP contribution in [-0.4, -0.2) is 75.8 Å². The second kappa shape index (κ2) is 8.71. The minimum absolute atomic E-state index is 0.0938. The molecule has 4 aromatic heterocycles. The number of rotatable bonds is 5. The van der Waals surface area contributed by atoms with Crippen molar-refractivity contribution in [2.24, 2.45) is 18.9 Å². The molecule has 3 N–H and O–H groups in total. The number of hydrogen-bond donors (Lipinski definition) is 3. The van der Waals surface area contributed by atoms with Crippen LogP contribution in [0.25, 0.3) is 44.1 Å². The summed E-state index contributed by atoms with van der Waals surface area (Å²) in [7, 11) is 7.39. The van der Waals surface area contributed by atoms with E-state index < -0.39 is 23.0 Å². The first-order valence-electron chi connectivity index (χ1n) is 13.2. The number of nitrogens with zero attached hydrogens (tertiary/aromatic N) is 5. The standard InChI is InChI=1S/C29H27F2N7O3/c1-32-19-6-18(30)22(31)20-21-25(38-10-15-16(11-38)24(15)36(2)3)14(8-33-27(21)35-23(19)20)12-5-13-26(39)17(29(40)41)9-37(4)28(13)34-7-12/h5-9,15-16,24,32H,10-11H2,1-4H3,(H,33,35)(H,40,41)/t15-,16+,24-. The third kappa shape index (κ3) is 3.56. The Bertz CT molecular complexity index is 1990. The van der Waals surface area contributed by atoms with Gasteiger partial charge in [0.2, 0.25) is 5.43 Å². The molecule has 0 radical (unpaired) electrons. The van der Waals surface area contributed by atoms with Crippen LogP contribution in [0.1, 0.15) is 10.4 Å². The maximum atomic E-state index is 15.6. The maximum absolute atomic E-state index is 15.6. The van der Waals surface area contributed by atoms with Gasteiger partial charge in [0, 0.05) is 69.0 Å².